The highest BCUT2D eigenvalue weighted by Crippen LogP contribution is 2.38. The normalized spacial score (nSPS) is 9.76. The first-order chi connectivity index (χ1) is 8.35. The Balaban J connectivity index is 2.33. The molecule has 2 rings (SSSR count). The molecule has 87 valence electrons. The molecule has 0 heterocycles. The molecule has 0 saturated carbocycles. The van der Waals surface area contributed by atoms with Crippen LogP contribution in [-0.2, 0) is 0 Å². The van der Waals surface area contributed by atoms with Crippen molar-refractivity contribution in [2.24, 2.45) is 0 Å². The fourth-order valence-electron chi connectivity index (χ4n) is 1.50. The molecule has 0 bridgehead atoms. The molecule has 0 aromatic heterocycles. The van der Waals surface area contributed by atoms with E-state index in [-0.39, 0.29) is 0 Å². The van der Waals surface area contributed by atoms with Gasteiger partial charge in [-0.05, 0) is 18.2 Å². The highest BCUT2D eigenvalue weighted by molar-refractivity contribution is 5.52. The molecule has 0 amide bonds. The summed E-state index contributed by atoms with van der Waals surface area (Å²) in [6.45, 7) is 0. The van der Waals surface area contributed by atoms with Gasteiger partial charge in [0.05, 0.1) is 14.2 Å². The standard InChI is InChI=1S/C14H13O3/c1-15-12-9-6-10-13(14(12)16-2)17-11-7-4-3-5-8-11/h3-7,9-10H,1-2H3. The Labute approximate surface area is 101 Å². The maximum Gasteiger partial charge on any atom is 0.203 e. The van der Waals surface area contributed by atoms with Gasteiger partial charge < -0.3 is 14.2 Å². The number of hydrogen-bond donors (Lipinski definition) is 0. The predicted molar refractivity (Wildman–Crippen MR) is 64.9 cm³/mol. The molecule has 0 unspecified atom stereocenters. The van der Waals surface area contributed by atoms with Crippen molar-refractivity contribution in [3.05, 3.63) is 48.5 Å². The molecule has 3 heteroatoms. The van der Waals surface area contributed by atoms with Crippen LogP contribution in [-0.4, -0.2) is 14.2 Å². The maximum atomic E-state index is 5.68. The monoisotopic (exact) mass is 229 g/mol. The van der Waals surface area contributed by atoms with Crippen LogP contribution in [0.2, 0.25) is 0 Å². The Kier molecular flexibility index (Phi) is 3.50. The second-order valence-electron chi connectivity index (χ2n) is 3.32. The number of benzene rings is 2. The molecular weight excluding hydrogens is 216 g/mol. The molecule has 3 nitrogen and oxygen atoms in total. The van der Waals surface area contributed by atoms with Gasteiger partial charge in [-0.1, -0.05) is 24.3 Å². The van der Waals surface area contributed by atoms with Crippen molar-refractivity contribution >= 4 is 0 Å². The lowest BCUT2D eigenvalue weighted by molar-refractivity contribution is 0.336. The second-order valence-corrected chi connectivity index (χ2v) is 3.32. The zero-order chi connectivity index (χ0) is 12.1. The highest BCUT2D eigenvalue weighted by Gasteiger charge is 2.11. The molecule has 0 spiro atoms. The Morgan fingerprint density at radius 3 is 2.35 bits per heavy atom. The lowest BCUT2D eigenvalue weighted by Crippen LogP contribution is -1.94. The van der Waals surface area contributed by atoms with Gasteiger partial charge in [0, 0.05) is 6.07 Å². The number of ether oxygens (including phenoxy) is 3. The smallest absolute Gasteiger partial charge is 0.203 e. The van der Waals surface area contributed by atoms with E-state index in [1.54, 1.807) is 20.3 Å². The minimum Gasteiger partial charge on any atom is -0.493 e. The first-order valence-electron chi connectivity index (χ1n) is 5.20. The molecule has 0 saturated heterocycles. The topological polar surface area (TPSA) is 27.7 Å². The first-order valence-corrected chi connectivity index (χ1v) is 5.20. The van der Waals surface area contributed by atoms with Crippen molar-refractivity contribution in [1.82, 2.24) is 0 Å². The van der Waals surface area contributed by atoms with Gasteiger partial charge in [0.2, 0.25) is 5.75 Å². The van der Waals surface area contributed by atoms with E-state index in [0.29, 0.717) is 23.0 Å². The van der Waals surface area contributed by atoms with Crippen LogP contribution in [0.25, 0.3) is 0 Å². The first kappa shape index (κ1) is 11.3. The average molecular weight is 229 g/mol. The van der Waals surface area contributed by atoms with Crippen LogP contribution in [0.5, 0.6) is 23.0 Å². The van der Waals surface area contributed by atoms with E-state index in [0.717, 1.165) is 0 Å². The van der Waals surface area contributed by atoms with Crippen molar-refractivity contribution in [3.63, 3.8) is 0 Å². The second kappa shape index (κ2) is 5.25. The Hall–Kier alpha value is -2.16. The number of hydrogen-bond acceptors (Lipinski definition) is 3. The van der Waals surface area contributed by atoms with E-state index in [1.807, 2.05) is 36.4 Å². The number of rotatable bonds is 4. The van der Waals surface area contributed by atoms with Gasteiger partial charge in [-0.15, -0.1) is 0 Å². The van der Waals surface area contributed by atoms with Gasteiger partial charge in [0.1, 0.15) is 5.75 Å². The van der Waals surface area contributed by atoms with E-state index in [9.17, 15) is 0 Å². The van der Waals surface area contributed by atoms with Gasteiger partial charge in [-0.3, -0.25) is 0 Å². The summed E-state index contributed by atoms with van der Waals surface area (Å²) >= 11 is 0. The van der Waals surface area contributed by atoms with E-state index < -0.39 is 0 Å². The Morgan fingerprint density at radius 1 is 0.882 bits per heavy atom. The minimum atomic E-state index is 0.576. The molecule has 0 aliphatic carbocycles. The molecule has 2 aromatic rings. The molecule has 1 radical (unpaired) electrons. The third kappa shape index (κ3) is 2.50. The van der Waals surface area contributed by atoms with Gasteiger partial charge in [0.15, 0.2) is 11.5 Å². The molecule has 0 N–H and O–H groups in total. The van der Waals surface area contributed by atoms with Gasteiger partial charge in [-0.25, -0.2) is 0 Å². The summed E-state index contributed by atoms with van der Waals surface area (Å²) in [5.74, 6) is 2.46. The molecular formula is C14H13O3. The third-order valence-electron chi connectivity index (χ3n) is 2.27. The largest absolute Gasteiger partial charge is 0.493 e. The van der Waals surface area contributed by atoms with E-state index in [2.05, 4.69) is 6.07 Å². The van der Waals surface area contributed by atoms with Crippen molar-refractivity contribution in [3.8, 4) is 23.0 Å². The van der Waals surface area contributed by atoms with E-state index in [4.69, 9.17) is 14.2 Å². The lowest BCUT2D eigenvalue weighted by Gasteiger charge is -2.12. The van der Waals surface area contributed by atoms with Gasteiger partial charge in [0.25, 0.3) is 0 Å². The Bertz CT molecular complexity index is 480. The van der Waals surface area contributed by atoms with E-state index in [1.165, 1.54) is 0 Å². The summed E-state index contributed by atoms with van der Waals surface area (Å²) in [4.78, 5) is 0. The zero-order valence-electron chi connectivity index (χ0n) is 9.77. The van der Waals surface area contributed by atoms with Crippen LogP contribution >= 0.6 is 0 Å². The molecule has 2 aromatic carbocycles. The van der Waals surface area contributed by atoms with Crippen molar-refractivity contribution in [2.75, 3.05) is 14.2 Å². The molecule has 17 heavy (non-hydrogen) atoms. The van der Waals surface area contributed by atoms with Crippen molar-refractivity contribution in [2.45, 2.75) is 0 Å². The fourth-order valence-corrected chi connectivity index (χ4v) is 1.50. The molecule has 0 fully saturated rings. The van der Waals surface area contributed by atoms with Crippen molar-refractivity contribution < 1.29 is 14.2 Å². The van der Waals surface area contributed by atoms with Crippen molar-refractivity contribution in [1.29, 1.82) is 0 Å². The molecule has 0 aliphatic rings. The predicted octanol–water partition coefficient (Wildman–Crippen LogP) is 3.30. The summed E-state index contributed by atoms with van der Waals surface area (Å²) in [5.41, 5.74) is 0. The summed E-state index contributed by atoms with van der Waals surface area (Å²) < 4.78 is 16.2. The van der Waals surface area contributed by atoms with Crippen LogP contribution in [0.1, 0.15) is 0 Å². The van der Waals surface area contributed by atoms with Crippen LogP contribution in [0.4, 0.5) is 0 Å². The van der Waals surface area contributed by atoms with Crippen LogP contribution in [0.15, 0.2) is 42.5 Å². The average Bonchev–Trinajstić information content (AvgIpc) is 2.39. The number of methoxy groups -OCH3 is 2. The summed E-state index contributed by atoms with van der Waals surface area (Å²) in [5, 5.41) is 0. The zero-order valence-corrected chi connectivity index (χ0v) is 9.77. The maximum absolute atomic E-state index is 5.68. The lowest BCUT2D eigenvalue weighted by atomic mass is 10.3. The quantitative estimate of drug-likeness (QED) is 0.805. The Morgan fingerprint density at radius 2 is 1.71 bits per heavy atom. The minimum absolute atomic E-state index is 0.576. The highest BCUT2D eigenvalue weighted by atomic mass is 16.5. The third-order valence-corrected chi connectivity index (χ3v) is 2.27. The summed E-state index contributed by atoms with van der Waals surface area (Å²) in [7, 11) is 3.18. The van der Waals surface area contributed by atoms with Gasteiger partial charge in [-0.2, -0.15) is 0 Å². The molecule has 0 aliphatic heterocycles. The summed E-state index contributed by atoms with van der Waals surface area (Å²) in [6.07, 6.45) is 0. The summed E-state index contributed by atoms with van der Waals surface area (Å²) in [6, 6.07) is 15.9. The SMILES string of the molecule is COc1cccc(Oc2[c]cccc2)c1OC. The fraction of sp³-hybridized carbons (Fsp3) is 0.143. The van der Waals surface area contributed by atoms with Crippen LogP contribution in [0, 0.1) is 6.07 Å². The molecule has 0 atom stereocenters. The van der Waals surface area contributed by atoms with Crippen LogP contribution in [0.3, 0.4) is 0 Å². The number of para-hydroxylation sites is 2. The van der Waals surface area contributed by atoms with E-state index >= 15 is 0 Å². The van der Waals surface area contributed by atoms with Crippen LogP contribution < -0.4 is 14.2 Å². The van der Waals surface area contributed by atoms with Gasteiger partial charge >= 0.3 is 0 Å².